The zero-order valence-electron chi connectivity index (χ0n) is 11.1. The number of ether oxygens (including phenoxy) is 1. The van der Waals surface area contributed by atoms with Gasteiger partial charge in [-0.1, -0.05) is 19.1 Å². The van der Waals surface area contributed by atoms with Crippen LogP contribution in [0, 0.1) is 0 Å². The van der Waals surface area contributed by atoms with Crippen LogP contribution in [-0.2, 0) is 0 Å². The van der Waals surface area contributed by atoms with Crippen LogP contribution < -0.4 is 4.74 Å². The van der Waals surface area contributed by atoms with Crippen molar-refractivity contribution >= 4 is 5.78 Å². The molecule has 18 heavy (non-hydrogen) atoms. The summed E-state index contributed by atoms with van der Waals surface area (Å²) in [5.41, 5.74) is 0.647. The number of Topliss-reactive ketones (excluding diaryl/α,β-unsaturated/α-hetero) is 1. The fraction of sp³-hybridized carbons (Fsp3) is 0.500. The minimum atomic E-state index is 0.0517. The fourth-order valence-electron chi connectivity index (χ4n) is 1.82. The predicted octanol–water partition coefficient (Wildman–Crippen LogP) is 1.58. The van der Waals surface area contributed by atoms with E-state index in [1.165, 1.54) is 0 Å². The first kappa shape index (κ1) is 14.7. The SMILES string of the molecule is CCCN(CCO)CC(=O)c1cccc(OC)c1. The molecule has 0 saturated heterocycles. The van der Waals surface area contributed by atoms with Gasteiger partial charge in [-0.05, 0) is 25.1 Å². The van der Waals surface area contributed by atoms with Gasteiger partial charge >= 0.3 is 0 Å². The van der Waals surface area contributed by atoms with Crippen molar-refractivity contribution in [2.24, 2.45) is 0 Å². The van der Waals surface area contributed by atoms with E-state index in [0.717, 1.165) is 13.0 Å². The predicted molar refractivity (Wildman–Crippen MR) is 71.1 cm³/mol. The molecule has 0 heterocycles. The summed E-state index contributed by atoms with van der Waals surface area (Å²) >= 11 is 0. The Morgan fingerprint density at radius 1 is 1.39 bits per heavy atom. The molecule has 100 valence electrons. The molecule has 0 aromatic heterocycles. The maximum atomic E-state index is 12.1. The van der Waals surface area contributed by atoms with E-state index in [-0.39, 0.29) is 12.4 Å². The van der Waals surface area contributed by atoms with E-state index in [0.29, 0.717) is 24.4 Å². The average molecular weight is 251 g/mol. The molecular formula is C14H21NO3. The van der Waals surface area contributed by atoms with Crippen molar-refractivity contribution in [2.45, 2.75) is 13.3 Å². The smallest absolute Gasteiger partial charge is 0.176 e. The van der Waals surface area contributed by atoms with E-state index in [2.05, 4.69) is 6.92 Å². The van der Waals surface area contributed by atoms with Crippen molar-refractivity contribution in [3.05, 3.63) is 29.8 Å². The van der Waals surface area contributed by atoms with E-state index >= 15 is 0 Å². The number of nitrogens with zero attached hydrogens (tertiary/aromatic N) is 1. The first-order valence-corrected chi connectivity index (χ1v) is 6.21. The van der Waals surface area contributed by atoms with Crippen LogP contribution in [0.4, 0.5) is 0 Å². The van der Waals surface area contributed by atoms with E-state index < -0.39 is 0 Å². The third-order valence-corrected chi connectivity index (χ3v) is 2.71. The molecule has 1 rings (SSSR count). The largest absolute Gasteiger partial charge is 0.497 e. The molecule has 0 aliphatic heterocycles. The summed E-state index contributed by atoms with van der Waals surface area (Å²) in [5, 5.41) is 8.96. The van der Waals surface area contributed by atoms with Gasteiger partial charge in [-0.2, -0.15) is 0 Å². The van der Waals surface area contributed by atoms with Gasteiger partial charge in [-0.15, -0.1) is 0 Å². The molecule has 4 heteroatoms. The van der Waals surface area contributed by atoms with Crippen LogP contribution in [0.1, 0.15) is 23.7 Å². The average Bonchev–Trinajstić information content (AvgIpc) is 2.39. The van der Waals surface area contributed by atoms with Crippen LogP contribution in [0.3, 0.4) is 0 Å². The Morgan fingerprint density at radius 2 is 2.17 bits per heavy atom. The van der Waals surface area contributed by atoms with Gasteiger partial charge in [-0.3, -0.25) is 9.69 Å². The summed E-state index contributed by atoms with van der Waals surface area (Å²) < 4.78 is 5.10. The first-order valence-electron chi connectivity index (χ1n) is 6.21. The second-order valence-corrected chi connectivity index (χ2v) is 4.15. The Kier molecular flexibility index (Phi) is 6.39. The number of hydrogen-bond acceptors (Lipinski definition) is 4. The highest BCUT2D eigenvalue weighted by atomic mass is 16.5. The van der Waals surface area contributed by atoms with Gasteiger partial charge in [0.05, 0.1) is 20.3 Å². The summed E-state index contributed by atoms with van der Waals surface area (Å²) in [6.07, 6.45) is 0.964. The summed E-state index contributed by atoms with van der Waals surface area (Å²) in [4.78, 5) is 14.1. The molecule has 0 fully saturated rings. The number of benzene rings is 1. The third kappa shape index (κ3) is 4.47. The number of aliphatic hydroxyl groups is 1. The van der Waals surface area contributed by atoms with Crippen LogP contribution in [0.15, 0.2) is 24.3 Å². The summed E-state index contributed by atoms with van der Waals surface area (Å²) in [5.74, 6) is 0.737. The summed E-state index contributed by atoms with van der Waals surface area (Å²) in [7, 11) is 1.58. The molecule has 4 nitrogen and oxygen atoms in total. The maximum absolute atomic E-state index is 12.1. The molecule has 0 amide bonds. The molecule has 0 atom stereocenters. The standard InChI is InChI=1S/C14H21NO3/c1-3-7-15(8-9-16)11-14(17)12-5-4-6-13(10-12)18-2/h4-6,10,16H,3,7-9,11H2,1-2H3. The third-order valence-electron chi connectivity index (χ3n) is 2.71. The van der Waals surface area contributed by atoms with Crippen molar-refractivity contribution in [1.29, 1.82) is 0 Å². The minimum absolute atomic E-state index is 0.0517. The van der Waals surface area contributed by atoms with Crippen molar-refractivity contribution in [2.75, 3.05) is 33.4 Å². The Hall–Kier alpha value is -1.39. The number of carbonyl (C=O) groups excluding carboxylic acids is 1. The van der Waals surface area contributed by atoms with Gasteiger partial charge in [0, 0.05) is 12.1 Å². The number of rotatable bonds is 8. The van der Waals surface area contributed by atoms with Crippen LogP contribution >= 0.6 is 0 Å². The molecule has 0 aliphatic rings. The van der Waals surface area contributed by atoms with Gasteiger partial charge in [0.15, 0.2) is 5.78 Å². The summed E-state index contributed by atoms with van der Waals surface area (Å²) in [6, 6.07) is 7.15. The summed E-state index contributed by atoms with van der Waals surface area (Å²) in [6.45, 7) is 3.81. The Balaban J connectivity index is 2.67. The minimum Gasteiger partial charge on any atom is -0.497 e. The molecule has 1 N–H and O–H groups in total. The van der Waals surface area contributed by atoms with Gasteiger partial charge in [-0.25, -0.2) is 0 Å². The topological polar surface area (TPSA) is 49.8 Å². The molecule has 0 spiro atoms. The molecule has 0 radical (unpaired) electrons. The highest BCUT2D eigenvalue weighted by Gasteiger charge is 2.12. The lowest BCUT2D eigenvalue weighted by molar-refractivity contribution is 0.0914. The Labute approximate surface area is 108 Å². The van der Waals surface area contributed by atoms with Crippen LogP contribution in [0.5, 0.6) is 5.75 Å². The monoisotopic (exact) mass is 251 g/mol. The lowest BCUT2D eigenvalue weighted by Gasteiger charge is -2.19. The second kappa shape index (κ2) is 7.84. The van der Waals surface area contributed by atoms with E-state index in [9.17, 15) is 4.79 Å². The lowest BCUT2D eigenvalue weighted by Crippen LogP contribution is -2.33. The van der Waals surface area contributed by atoms with Crippen LogP contribution in [0.2, 0.25) is 0 Å². The van der Waals surface area contributed by atoms with Crippen molar-refractivity contribution in [3.8, 4) is 5.75 Å². The normalized spacial score (nSPS) is 10.7. The highest BCUT2D eigenvalue weighted by molar-refractivity contribution is 5.97. The number of methoxy groups -OCH3 is 1. The molecule has 0 unspecified atom stereocenters. The van der Waals surface area contributed by atoms with E-state index in [1.54, 1.807) is 19.2 Å². The van der Waals surface area contributed by atoms with Crippen molar-refractivity contribution in [3.63, 3.8) is 0 Å². The zero-order chi connectivity index (χ0) is 13.4. The quantitative estimate of drug-likeness (QED) is 0.713. The van der Waals surface area contributed by atoms with E-state index in [4.69, 9.17) is 9.84 Å². The maximum Gasteiger partial charge on any atom is 0.176 e. The first-order chi connectivity index (χ1) is 8.71. The van der Waals surface area contributed by atoms with E-state index in [1.807, 2.05) is 17.0 Å². The number of carbonyl (C=O) groups is 1. The Bertz CT molecular complexity index is 373. The molecule has 0 bridgehead atoms. The molecule has 1 aromatic carbocycles. The van der Waals surface area contributed by atoms with Gasteiger partial charge in [0.1, 0.15) is 5.75 Å². The van der Waals surface area contributed by atoms with Gasteiger partial charge in [0.25, 0.3) is 0 Å². The molecule has 1 aromatic rings. The number of ketones is 1. The molecule has 0 aliphatic carbocycles. The van der Waals surface area contributed by atoms with Crippen LogP contribution in [-0.4, -0.2) is 49.1 Å². The van der Waals surface area contributed by atoms with Gasteiger partial charge < -0.3 is 9.84 Å². The van der Waals surface area contributed by atoms with Gasteiger partial charge in [0.2, 0.25) is 0 Å². The lowest BCUT2D eigenvalue weighted by atomic mass is 10.1. The second-order valence-electron chi connectivity index (χ2n) is 4.15. The number of hydrogen-bond donors (Lipinski definition) is 1. The fourth-order valence-corrected chi connectivity index (χ4v) is 1.82. The van der Waals surface area contributed by atoms with Crippen molar-refractivity contribution < 1.29 is 14.6 Å². The molecular weight excluding hydrogens is 230 g/mol. The highest BCUT2D eigenvalue weighted by Crippen LogP contribution is 2.13. The van der Waals surface area contributed by atoms with Crippen molar-refractivity contribution in [1.82, 2.24) is 4.90 Å². The Morgan fingerprint density at radius 3 is 2.78 bits per heavy atom. The zero-order valence-corrected chi connectivity index (χ0v) is 11.1. The van der Waals surface area contributed by atoms with Crippen LogP contribution in [0.25, 0.3) is 0 Å². The number of aliphatic hydroxyl groups excluding tert-OH is 1. The molecule has 0 saturated carbocycles.